The van der Waals surface area contributed by atoms with Gasteiger partial charge in [-0.05, 0) is 43.7 Å². The molecule has 1 aromatic heterocycles. The highest BCUT2D eigenvalue weighted by molar-refractivity contribution is 14.0. The zero-order valence-corrected chi connectivity index (χ0v) is 18.6. The summed E-state index contributed by atoms with van der Waals surface area (Å²) in [6.45, 7) is 4.27. The second-order valence-electron chi connectivity index (χ2n) is 7.18. The van der Waals surface area contributed by atoms with Gasteiger partial charge in [-0.3, -0.25) is 9.98 Å². The number of nitrogens with zero attached hydrogens (tertiary/aromatic N) is 3. The third kappa shape index (κ3) is 7.44. The third-order valence-corrected chi connectivity index (χ3v) is 5.28. The number of hydrogen-bond donors (Lipinski definition) is 1. The number of nitrogens with one attached hydrogen (secondary N) is 1. The Morgan fingerprint density at radius 3 is 2.70 bits per heavy atom. The summed E-state index contributed by atoms with van der Waals surface area (Å²) in [5, 5.41) is 3.39. The van der Waals surface area contributed by atoms with E-state index in [9.17, 15) is 0 Å². The van der Waals surface area contributed by atoms with Crippen LogP contribution in [-0.2, 0) is 4.74 Å². The van der Waals surface area contributed by atoms with Gasteiger partial charge in [-0.1, -0.05) is 12.8 Å². The molecule has 0 atom stereocenters. The molecule has 152 valence electrons. The van der Waals surface area contributed by atoms with Crippen molar-refractivity contribution in [2.45, 2.75) is 44.6 Å². The fraction of sp³-hybridized carbons (Fsp3) is 0.700. The number of piperidine rings is 1. The molecule has 0 radical (unpaired) electrons. The maximum atomic E-state index is 6.16. The van der Waals surface area contributed by atoms with E-state index in [0.717, 1.165) is 56.7 Å². The van der Waals surface area contributed by atoms with E-state index in [-0.39, 0.29) is 24.0 Å². The fourth-order valence-electron chi connectivity index (χ4n) is 3.78. The number of likely N-dealkylation sites (tertiary alicyclic amines) is 1. The highest BCUT2D eigenvalue weighted by atomic mass is 127. The smallest absolute Gasteiger partial charge is 0.193 e. The van der Waals surface area contributed by atoms with E-state index in [4.69, 9.17) is 9.47 Å². The van der Waals surface area contributed by atoms with Crippen LogP contribution in [0.4, 0.5) is 0 Å². The Kier molecular flexibility index (Phi) is 10.2. The van der Waals surface area contributed by atoms with Gasteiger partial charge in [-0.2, -0.15) is 0 Å². The van der Waals surface area contributed by atoms with Gasteiger partial charge in [0.05, 0.1) is 18.8 Å². The van der Waals surface area contributed by atoms with E-state index < -0.39 is 0 Å². The van der Waals surface area contributed by atoms with Crippen molar-refractivity contribution >= 4 is 29.9 Å². The van der Waals surface area contributed by atoms with Crippen LogP contribution in [0.3, 0.4) is 0 Å². The molecule has 0 bridgehead atoms. The van der Waals surface area contributed by atoms with E-state index >= 15 is 0 Å². The van der Waals surface area contributed by atoms with Gasteiger partial charge in [-0.25, -0.2) is 0 Å². The summed E-state index contributed by atoms with van der Waals surface area (Å²) in [6.07, 6.45) is 11.5. The van der Waals surface area contributed by atoms with E-state index in [1.807, 2.05) is 19.2 Å². The second kappa shape index (κ2) is 12.4. The minimum Gasteiger partial charge on any atom is -0.490 e. The summed E-state index contributed by atoms with van der Waals surface area (Å²) in [7, 11) is 1.84. The Bertz CT molecular complexity index is 544. The Morgan fingerprint density at radius 2 is 2.04 bits per heavy atom. The van der Waals surface area contributed by atoms with Crippen molar-refractivity contribution in [2.24, 2.45) is 10.9 Å². The number of hydrogen-bond acceptors (Lipinski definition) is 4. The molecule has 2 heterocycles. The molecule has 1 aliphatic heterocycles. The summed E-state index contributed by atoms with van der Waals surface area (Å²) in [5.74, 6) is 2.56. The Balaban J connectivity index is 0.00000261. The predicted octanol–water partition coefficient (Wildman–Crippen LogP) is 3.33. The number of rotatable bonds is 7. The third-order valence-electron chi connectivity index (χ3n) is 5.28. The molecular formula is C20H33IN4O2. The van der Waals surface area contributed by atoms with Crippen molar-refractivity contribution in [3.8, 4) is 5.75 Å². The number of aliphatic imine (C=N–C) groups is 1. The molecule has 0 amide bonds. The highest BCUT2D eigenvalue weighted by Crippen LogP contribution is 2.26. The van der Waals surface area contributed by atoms with Crippen molar-refractivity contribution in [2.75, 3.05) is 39.9 Å². The summed E-state index contributed by atoms with van der Waals surface area (Å²) in [6, 6.07) is 3.79. The first-order valence-corrected chi connectivity index (χ1v) is 9.95. The summed E-state index contributed by atoms with van der Waals surface area (Å²) < 4.78 is 11.8. The lowest BCUT2D eigenvalue weighted by Gasteiger charge is -2.34. The molecule has 1 saturated heterocycles. The van der Waals surface area contributed by atoms with Gasteiger partial charge in [0, 0.05) is 32.9 Å². The monoisotopic (exact) mass is 488 g/mol. The van der Waals surface area contributed by atoms with E-state index in [0.29, 0.717) is 12.7 Å². The molecule has 0 aromatic carbocycles. The molecule has 2 aliphatic rings. The zero-order valence-electron chi connectivity index (χ0n) is 16.3. The van der Waals surface area contributed by atoms with Gasteiger partial charge in [-0.15, -0.1) is 24.0 Å². The molecule has 7 heteroatoms. The molecule has 0 unspecified atom stereocenters. The van der Waals surface area contributed by atoms with Gasteiger partial charge in [0.15, 0.2) is 5.96 Å². The van der Waals surface area contributed by atoms with Crippen molar-refractivity contribution in [3.63, 3.8) is 0 Å². The average molecular weight is 488 g/mol. The Labute approximate surface area is 180 Å². The topological polar surface area (TPSA) is 59.0 Å². The maximum Gasteiger partial charge on any atom is 0.193 e. The second-order valence-corrected chi connectivity index (χ2v) is 7.18. The molecule has 3 rings (SSSR count). The first kappa shape index (κ1) is 22.2. The maximum absolute atomic E-state index is 6.16. The van der Waals surface area contributed by atoms with Crippen LogP contribution in [-0.4, -0.2) is 61.8 Å². The van der Waals surface area contributed by atoms with Crippen molar-refractivity contribution in [1.82, 2.24) is 15.2 Å². The quantitative estimate of drug-likeness (QED) is 0.276. The molecule has 6 nitrogen and oxygen atoms in total. The fourth-order valence-corrected chi connectivity index (χ4v) is 3.78. The van der Waals surface area contributed by atoms with Gasteiger partial charge < -0.3 is 19.7 Å². The predicted molar refractivity (Wildman–Crippen MR) is 119 cm³/mol. The number of ether oxygens (including phenoxy) is 2. The minimum atomic E-state index is 0. The van der Waals surface area contributed by atoms with Gasteiger partial charge in [0.2, 0.25) is 0 Å². The molecule has 1 N–H and O–H groups in total. The van der Waals surface area contributed by atoms with Crippen LogP contribution in [0.2, 0.25) is 0 Å². The lowest BCUT2D eigenvalue weighted by molar-refractivity contribution is 0.00100. The van der Waals surface area contributed by atoms with Crippen LogP contribution in [0, 0.1) is 5.92 Å². The molecule has 27 heavy (non-hydrogen) atoms. The lowest BCUT2D eigenvalue weighted by atomic mass is 10.1. The number of halogens is 1. The van der Waals surface area contributed by atoms with Gasteiger partial charge in [0.25, 0.3) is 0 Å². The first-order chi connectivity index (χ1) is 12.8. The van der Waals surface area contributed by atoms with Crippen LogP contribution in [0.15, 0.2) is 29.5 Å². The van der Waals surface area contributed by atoms with Crippen molar-refractivity contribution in [3.05, 3.63) is 24.5 Å². The number of guanidine groups is 1. The molecule has 0 spiro atoms. The van der Waals surface area contributed by atoms with Crippen LogP contribution in [0.25, 0.3) is 0 Å². The van der Waals surface area contributed by atoms with E-state index in [1.54, 1.807) is 12.4 Å². The molecule has 2 fully saturated rings. The molecule has 1 aromatic rings. The number of aromatic nitrogens is 1. The van der Waals surface area contributed by atoms with Crippen LogP contribution in [0.1, 0.15) is 38.5 Å². The van der Waals surface area contributed by atoms with Crippen LogP contribution in [0.5, 0.6) is 5.75 Å². The summed E-state index contributed by atoms with van der Waals surface area (Å²) in [5.41, 5.74) is 0. The lowest BCUT2D eigenvalue weighted by Crippen LogP contribution is -2.47. The molecular weight excluding hydrogens is 455 g/mol. The SMILES string of the molecule is CN=C(NCCOc1cccnc1)N1CCC(OCC2CCCC2)CC1.I. The van der Waals surface area contributed by atoms with Gasteiger partial charge in [0.1, 0.15) is 12.4 Å². The van der Waals surface area contributed by atoms with E-state index in [2.05, 4.69) is 20.2 Å². The Morgan fingerprint density at radius 1 is 1.26 bits per heavy atom. The first-order valence-electron chi connectivity index (χ1n) is 9.95. The average Bonchev–Trinajstić information content (AvgIpc) is 3.22. The summed E-state index contributed by atoms with van der Waals surface area (Å²) >= 11 is 0. The summed E-state index contributed by atoms with van der Waals surface area (Å²) in [4.78, 5) is 10.8. The van der Waals surface area contributed by atoms with Gasteiger partial charge >= 0.3 is 0 Å². The van der Waals surface area contributed by atoms with Crippen molar-refractivity contribution < 1.29 is 9.47 Å². The van der Waals surface area contributed by atoms with Crippen LogP contribution >= 0.6 is 24.0 Å². The zero-order chi connectivity index (χ0) is 18.0. The van der Waals surface area contributed by atoms with E-state index in [1.165, 1.54) is 25.7 Å². The minimum absolute atomic E-state index is 0. The number of pyridine rings is 1. The standard InChI is InChI=1S/C20H32N4O2.HI/c1-21-20(23-11-14-25-19-7-4-10-22-15-19)24-12-8-18(9-13-24)26-16-17-5-2-3-6-17;/h4,7,10,15,17-18H,2-3,5-6,8-9,11-14,16H2,1H3,(H,21,23);1H. The molecule has 1 saturated carbocycles. The molecule has 1 aliphatic carbocycles. The van der Waals surface area contributed by atoms with Crippen LogP contribution < -0.4 is 10.1 Å². The van der Waals surface area contributed by atoms with Crippen molar-refractivity contribution in [1.29, 1.82) is 0 Å². The largest absolute Gasteiger partial charge is 0.490 e. The highest BCUT2D eigenvalue weighted by Gasteiger charge is 2.23. The normalized spacial score (nSPS) is 19.0. The Hall–Kier alpha value is -1.09.